The average Bonchev–Trinajstić information content (AvgIpc) is 2.74. The van der Waals surface area contributed by atoms with Gasteiger partial charge in [0.15, 0.2) is 0 Å². The van der Waals surface area contributed by atoms with Gasteiger partial charge in [-0.25, -0.2) is 4.89 Å². The highest BCUT2D eigenvalue weighted by molar-refractivity contribution is 7.40. The number of ether oxygens (including phenoxy) is 4. The molecule has 0 amide bonds. The standard InChI is InChI=1S/C10H21O8P/c1-12-4-5-15-9-7-16-8(6-13-2)10(9)17-19(11)18-14-3/h8-11H,4-7H2,1-3H3. The second kappa shape index (κ2) is 9.93. The van der Waals surface area contributed by atoms with E-state index in [4.69, 9.17) is 23.5 Å². The molecule has 8 nitrogen and oxygen atoms in total. The van der Waals surface area contributed by atoms with Crippen LogP contribution < -0.4 is 0 Å². The van der Waals surface area contributed by atoms with Crippen molar-refractivity contribution in [1.29, 1.82) is 0 Å². The predicted octanol–water partition coefficient (Wildman–Crippen LogP) is 0.246. The van der Waals surface area contributed by atoms with Crippen LogP contribution in [0.4, 0.5) is 0 Å². The van der Waals surface area contributed by atoms with Crippen molar-refractivity contribution in [2.75, 3.05) is 47.8 Å². The predicted molar refractivity (Wildman–Crippen MR) is 65.3 cm³/mol. The van der Waals surface area contributed by atoms with Gasteiger partial charge in [0.05, 0.1) is 33.5 Å². The molecule has 1 saturated heterocycles. The third-order valence-electron chi connectivity index (χ3n) is 2.51. The summed E-state index contributed by atoms with van der Waals surface area (Å²) in [4.78, 5) is 13.9. The van der Waals surface area contributed by atoms with Crippen LogP contribution in [0.25, 0.3) is 0 Å². The lowest BCUT2D eigenvalue weighted by Gasteiger charge is -2.23. The molecule has 0 spiro atoms. The van der Waals surface area contributed by atoms with Gasteiger partial charge in [-0.2, -0.15) is 4.67 Å². The van der Waals surface area contributed by atoms with E-state index in [-0.39, 0.29) is 12.2 Å². The van der Waals surface area contributed by atoms with Crippen LogP contribution in [0.2, 0.25) is 0 Å². The van der Waals surface area contributed by atoms with E-state index in [2.05, 4.69) is 9.56 Å². The lowest BCUT2D eigenvalue weighted by molar-refractivity contribution is -0.192. The van der Waals surface area contributed by atoms with Crippen molar-refractivity contribution >= 4 is 8.60 Å². The summed E-state index contributed by atoms with van der Waals surface area (Å²) < 4.78 is 30.9. The average molecular weight is 300 g/mol. The summed E-state index contributed by atoms with van der Waals surface area (Å²) in [6.07, 6.45) is -1.12. The summed E-state index contributed by atoms with van der Waals surface area (Å²) in [5.74, 6) is 0. The van der Waals surface area contributed by atoms with Crippen molar-refractivity contribution in [3.63, 3.8) is 0 Å². The molecule has 4 atom stereocenters. The molecule has 0 aromatic heterocycles. The van der Waals surface area contributed by atoms with Crippen LogP contribution in [0.1, 0.15) is 0 Å². The van der Waals surface area contributed by atoms with Crippen LogP contribution in [-0.2, 0) is 33.0 Å². The van der Waals surface area contributed by atoms with Gasteiger partial charge in [0.25, 0.3) is 0 Å². The lowest BCUT2D eigenvalue weighted by Crippen LogP contribution is -2.36. The zero-order chi connectivity index (χ0) is 14.1. The zero-order valence-electron chi connectivity index (χ0n) is 11.3. The molecule has 1 heterocycles. The van der Waals surface area contributed by atoms with E-state index in [1.54, 1.807) is 14.2 Å². The van der Waals surface area contributed by atoms with Crippen LogP contribution in [0.15, 0.2) is 0 Å². The molecule has 1 aliphatic heterocycles. The fourth-order valence-electron chi connectivity index (χ4n) is 1.70. The molecule has 1 rings (SSSR count). The molecule has 19 heavy (non-hydrogen) atoms. The fraction of sp³-hybridized carbons (Fsp3) is 1.00. The number of hydrogen-bond donors (Lipinski definition) is 1. The Morgan fingerprint density at radius 2 is 2.00 bits per heavy atom. The summed E-state index contributed by atoms with van der Waals surface area (Å²) >= 11 is 0. The third kappa shape index (κ3) is 5.95. The Hall–Kier alpha value is 0.110. The molecular formula is C10H21O8P. The topological polar surface area (TPSA) is 84.8 Å². The van der Waals surface area contributed by atoms with Crippen molar-refractivity contribution in [3.8, 4) is 0 Å². The smallest absolute Gasteiger partial charge is 0.360 e. The molecule has 0 aliphatic carbocycles. The molecule has 114 valence electrons. The summed E-state index contributed by atoms with van der Waals surface area (Å²) in [5.41, 5.74) is 0. The van der Waals surface area contributed by atoms with Crippen LogP contribution >= 0.6 is 8.60 Å². The van der Waals surface area contributed by atoms with Crippen molar-refractivity contribution in [2.24, 2.45) is 0 Å². The van der Waals surface area contributed by atoms with E-state index < -0.39 is 14.7 Å². The SMILES string of the molecule is COCCOC1COC(COC)C1OP(O)OOC. The van der Waals surface area contributed by atoms with Gasteiger partial charge in [-0.1, -0.05) is 0 Å². The summed E-state index contributed by atoms with van der Waals surface area (Å²) in [6, 6.07) is 0. The number of hydrogen-bond acceptors (Lipinski definition) is 8. The first kappa shape index (κ1) is 17.2. The highest BCUT2D eigenvalue weighted by Gasteiger charge is 2.41. The minimum Gasteiger partial charge on any atom is -0.382 e. The highest BCUT2D eigenvalue weighted by atomic mass is 31.2. The van der Waals surface area contributed by atoms with Crippen molar-refractivity contribution in [1.82, 2.24) is 0 Å². The Bertz CT molecular complexity index is 232. The summed E-state index contributed by atoms with van der Waals surface area (Å²) in [6.45, 7) is 1.59. The molecule has 1 aliphatic rings. The van der Waals surface area contributed by atoms with E-state index in [1.807, 2.05) is 0 Å². The first-order chi connectivity index (χ1) is 9.22. The van der Waals surface area contributed by atoms with Crippen LogP contribution in [0.5, 0.6) is 0 Å². The normalized spacial score (nSPS) is 28.7. The van der Waals surface area contributed by atoms with E-state index in [9.17, 15) is 4.89 Å². The second-order valence-electron chi connectivity index (χ2n) is 3.78. The van der Waals surface area contributed by atoms with Gasteiger partial charge in [0, 0.05) is 14.2 Å². The molecule has 4 unspecified atom stereocenters. The van der Waals surface area contributed by atoms with Gasteiger partial charge in [-0.3, -0.25) is 0 Å². The van der Waals surface area contributed by atoms with Gasteiger partial charge in [0.1, 0.15) is 18.3 Å². The molecule has 9 heteroatoms. The molecule has 0 aromatic carbocycles. The Morgan fingerprint density at radius 3 is 2.63 bits per heavy atom. The maximum absolute atomic E-state index is 9.50. The molecular weight excluding hydrogens is 279 g/mol. The maximum Gasteiger partial charge on any atom is 0.360 e. The molecule has 0 bridgehead atoms. The van der Waals surface area contributed by atoms with Gasteiger partial charge in [-0.15, -0.1) is 0 Å². The monoisotopic (exact) mass is 300 g/mol. The van der Waals surface area contributed by atoms with Gasteiger partial charge in [0.2, 0.25) is 0 Å². The van der Waals surface area contributed by atoms with E-state index >= 15 is 0 Å². The van der Waals surface area contributed by atoms with E-state index in [1.165, 1.54) is 7.11 Å². The Kier molecular flexibility index (Phi) is 8.97. The molecule has 0 radical (unpaired) electrons. The largest absolute Gasteiger partial charge is 0.382 e. The molecule has 1 fully saturated rings. The van der Waals surface area contributed by atoms with Crippen LogP contribution in [-0.4, -0.2) is 71.0 Å². The first-order valence-corrected chi connectivity index (χ1v) is 6.93. The quantitative estimate of drug-likeness (QED) is 0.266. The third-order valence-corrected chi connectivity index (χ3v) is 3.21. The molecule has 1 N–H and O–H groups in total. The van der Waals surface area contributed by atoms with Crippen molar-refractivity contribution < 1.29 is 37.9 Å². The van der Waals surface area contributed by atoms with Crippen molar-refractivity contribution in [2.45, 2.75) is 18.3 Å². The van der Waals surface area contributed by atoms with Gasteiger partial charge < -0.3 is 28.4 Å². The summed E-state index contributed by atoms with van der Waals surface area (Å²) in [7, 11) is 2.30. The molecule has 0 saturated carbocycles. The van der Waals surface area contributed by atoms with Crippen molar-refractivity contribution in [3.05, 3.63) is 0 Å². The number of methoxy groups -OCH3 is 2. The van der Waals surface area contributed by atoms with E-state index in [0.29, 0.717) is 26.4 Å². The maximum atomic E-state index is 9.50. The fourth-order valence-corrected chi connectivity index (χ4v) is 2.34. The van der Waals surface area contributed by atoms with Gasteiger partial charge >= 0.3 is 8.60 Å². The highest BCUT2D eigenvalue weighted by Crippen LogP contribution is 2.38. The first-order valence-electron chi connectivity index (χ1n) is 5.80. The van der Waals surface area contributed by atoms with E-state index in [0.717, 1.165) is 0 Å². The van der Waals surface area contributed by atoms with Crippen LogP contribution in [0.3, 0.4) is 0 Å². The van der Waals surface area contributed by atoms with Crippen LogP contribution in [0, 0.1) is 0 Å². The van der Waals surface area contributed by atoms with Gasteiger partial charge in [-0.05, 0) is 0 Å². The number of rotatable bonds is 10. The minimum atomic E-state index is -2.14. The Morgan fingerprint density at radius 1 is 1.21 bits per heavy atom. The molecule has 0 aromatic rings. The Balaban J connectivity index is 2.48. The zero-order valence-corrected chi connectivity index (χ0v) is 12.2. The Labute approximate surface area is 113 Å². The second-order valence-corrected chi connectivity index (χ2v) is 4.61. The lowest BCUT2D eigenvalue weighted by atomic mass is 10.1. The summed E-state index contributed by atoms with van der Waals surface area (Å²) in [5, 5.41) is 0. The minimum absolute atomic E-state index is 0.312.